The van der Waals surface area contributed by atoms with E-state index in [1.807, 2.05) is 19.9 Å². The molecule has 1 fully saturated rings. The van der Waals surface area contributed by atoms with Crippen molar-refractivity contribution < 1.29 is 4.79 Å². The Morgan fingerprint density at radius 1 is 1.40 bits per heavy atom. The zero-order chi connectivity index (χ0) is 14.6. The molecule has 1 aromatic heterocycles. The third kappa shape index (κ3) is 3.60. The van der Waals surface area contributed by atoms with Gasteiger partial charge in [0.05, 0.1) is 5.41 Å². The van der Waals surface area contributed by atoms with Crippen molar-refractivity contribution in [1.29, 1.82) is 0 Å². The van der Waals surface area contributed by atoms with Crippen molar-refractivity contribution in [3.63, 3.8) is 0 Å². The van der Waals surface area contributed by atoms with Crippen LogP contribution in [-0.4, -0.2) is 40.9 Å². The molecule has 2 rings (SSSR count). The topological polar surface area (TPSA) is 58.1 Å². The zero-order valence-corrected chi connectivity index (χ0v) is 12.7. The van der Waals surface area contributed by atoms with Crippen LogP contribution < -0.4 is 10.2 Å². The Morgan fingerprint density at radius 2 is 2.00 bits per heavy atom. The average molecular weight is 297 g/mol. The molecule has 110 valence electrons. The maximum Gasteiger partial charge on any atom is 0.227 e. The highest BCUT2D eigenvalue weighted by atomic mass is 35.5. The molecule has 2 heterocycles. The summed E-state index contributed by atoms with van der Waals surface area (Å²) in [7, 11) is 0. The van der Waals surface area contributed by atoms with Crippen LogP contribution in [-0.2, 0) is 4.79 Å². The van der Waals surface area contributed by atoms with Gasteiger partial charge < -0.3 is 10.2 Å². The van der Waals surface area contributed by atoms with Gasteiger partial charge >= 0.3 is 0 Å². The summed E-state index contributed by atoms with van der Waals surface area (Å²) >= 11 is 5.82. The van der Waals surface area contributed by atoms with Crippen molar-refractivity contribution in [3.8, 4) is 0 Å². The molecular weight excluding hydrogens is 276 g/mol. The van der Waals surface area contributed by atoms with Gasteiger partial charge in [0.2, 0.25) is 11.9 Å². The molecule has 0 bridgehead atoms. The summed E-state index contributed by atoms with van der Waals surface area (Å²) in [5.41, 5.74) is -0.513. The minimum Gasteiger partial charge on any atom is -0.353 e. The predicted octanol–water partition coefficient (Wildman–Crippen LogP) is 1.83. The molecule has 1 N–H and O–H groups in total. The summed E-state index contributed by atoms with van der Waals surface area (Å²) in [5, 5.41) is 3.09. The first kappa shape index (κ1) is 15.0. The molecule has 0 aliphatic carbocycles. The number of nitrogens with one attached hydrogen (secondary N) is 1. The summed E-state index contributed by atoms with van der Waals surface area (Å²) in [4.78, 5) is 22.7. The number of carbonyl (C=O) groups is 1. The molecule has 0 aromatic carbocycles. The monoisotopic (exact) mass is 296 g/mol. The third-order valence-corrected chi connectivity index (χ3v) is 4.28. The third-order valence-electron chi connectivity index (χ3n) is 3.61. The molecule has 5 nitrogen and oxygen atoms in total. The van der Waals surface area contributed by atoms with Crippen LogP contribution in [0.2, 0.25) is 0 Å². The Labute approximate surface area is 124 Å². The number of aromatic nitrogens is 2. The maximum absolute atomic E-state index is 12.1. The van der Waals surface area contributed by atoms with E-state index in [4.69, 9.17) is 11.6 Å². The van der Waals surface area contributed by atoms with Gasteiger partial charge in [-0.25, -0.2) is 9.97 Å². The lowest BCUT2D eigenvalue weighted by molar-refractivity contribution is -0.129. The molecular formula is C14H21ClN4O. The summed E-state index contributed by atoms with van der Waals surface area (Å²) < 4.78 is 0. The van der Waals surface area contributed by atoms with E-state index in [0.29, 0.717) is 5.88 Å². The van der Waals surface area contributed by atoms with Crippen LogP contribution >= 0.6 is 11.6 Å². The summed E-state index contributed by atoms with van der Waals surface area (Å²) in [5.74, 6) is 1.12. The fraction of sp³-hybridized carbons (Fsp3) is 0.643. The number of nitrogens with zero attached hydrogens (tertiary/aromatic N) is 3. The van der Waals surface area contributed by atoms with E-state index < -0.39 is 5.41 Å². The molecule has 1 saturated heterocycles. The van der Waals surface area contributed by atoms with Crippen LogP contribution in [0, 0.1) is 5.41 Å². The molecule has 20 heavy (non-hydrogen) atoms. The minimum absolute atomic E-state index is 0.0295. The quantitative estimate of drug-likeness (QED) is 0.861. The predicted molar refractivity (Wildman–Crippen MR) is 79.9 cm³/mol. The molecule has 1 aliphatic heterocycles. The summed E-state index contributed by atoms with van der Waals surface area (Å²) in [6.45, 7) is 5.44. The lowest BCUT2D eigenvalue weighted by atomic mass is 9.94. The van der Waals surface area contributed by atoms with Gasteiger partial charge in [-0.3, -0.25) is 4.79 Å². The van der Waals surface area contributed by atoms with E-state index in [0.717, 1.165) is 31.9 Å². The Bertz CT molecular complexity index is 444. The van der Waals surface area contributed by atoms with E-state index in [2.05, 4.69) is 20.2 Å². The molecule has 0 unspecified atom stereocenters. The Balaban J connectivity index is 1.85. The van der Waals surface area contributed by atoms with Crippen LogP contribution in [0.5, 0.6) is 0 Å². The maximum atomic E-state index is 12.1. The lowest BCUT2D eigenvalue weighted by Gasteiger charge is -2.33. The second kappa shape index (κ2) is 6.39. The van der Waals surface area contributed by atoms with Crippen LogP contribution in [0.15, 0.2) is 18.5 Å². The molecule has 1 aromatic rings. The summed E-state index contributed by atoms with van der Waals surface area (Å²) in [6, 6.07) is 2.02. The summed E-state index contributed by atoms with van der Waals surface area (Å²) in [6.07, 6.45) is 5.31. The molecule has 1 amide bonds. The Morgan fingerprint density at radius 3 is 2.55 bits per heavy atom. The first-order chi connectivity index (χ1) is 9.53. The number of anilines is 1. The number of amides is 1. The number of rotatable bonds is 4. The average Bonchev–Trinajstić information content (AvgIpc) is 2.49. The first-order valence-electron chi connectivity index (χ1n) is 6.92. The highest BCUT2D eigenvalue weighted by molar-refractivity contribution is 6.19. The highest BCUT2D eigenvalue weighted by Gasteiger charge is 2.30. The number of hydrogen-bond acceptors (Lipinski definition) is 4. The van der Waals surface area contributed by atoms with Crippen LogP contribution in [0.25, 0.3) is 0 Å². The molecule has 6 heteroatoms. The van der Waals surface area contributed by atoms with Crippen molar-refractivity contribution in [2.75, 3.05) is 23.9 Å². The molecule has 0 saturated carbocycles. The van der Waals surface area contributed by atoms with Gasteiger partial charge in [0.15, 0.2) is 0 Å². The van der Waals surface area contributed by atoms with Gasteiger partial charge in [-0.1, -0.05) is 0 Å². The smallest absolute Gasteiger partial charge is 0.227 e. The van der Waals surface area contributed by atoms with Crippen LogP contribution in [0.1, 0.15) is 26.7 Å². The van der Waals surface area contributed by atoms with Gasteiger partial charge in [0.25, 0.3) is 0 Å². The second-order valence-corrected chi connectivity index (χ2v) is 6.07. The van der Waals surface area contributed by atoms with Crippen molar-refractivity contribution >= 4 is 23.5 Å². The van der Waals surface area contributed by atoms with Gasteiger partial charge in [0.1, 0.15) is 0 Å². The largest absolute Gasteiger partial charge is 0.353 e. The van der Waals surface area contributed by atoms with Gasteiger partial charge in [-0.05, 0) is 32.8 Å². The number of piperidine rings is 1. The number of alkyl halides is 1. The molecule has 0 spiro atoms. The number of hydrogen-bond donors (Lipinski definition) is 1. The Kier molecular flexibility index (Phi) is 4.81. The molecule has 0 radical (unpaired) electrons. The van der Waals surface area contributed by atoms with Crippen LogP contribution in [0.3, 0.4) is 0 Å². The standard InChI is InChI=1S/C14H21ClN4O/c1-14(2,10-15)12(20)18-11-4-8-19(9-5-11)13-16-6-3-7-17-13/h3,6-7,11H,4-5,8-10H2,1-2H3,(H,18,20). The van der Waals surface area contributed by atoms with Crippen molar-refractivity contribution in [2.45, 2.75) is 32.7 Å². The number of halogens is 1. The van der Waals surface area contributed by atoms with Crippen LogP contribution in [0.4, 0.5) is 5.95 Å². The van der Waals surface area contributed by atoms with E-state index in [1.165, 1.54) is 0 Å². The van der Waals surface area contributed by atoms with Gasteiger partial charge in [-0.2, -0.15) is 0 Å². The normalized spacial score (nSPS) is 17.1. The SMILES string of the molecule is CC(C)(CCl)C(=O)NC1CCN(c2ncccn2)CC1. The van der Waals surface area contributed by atoms with Crippen molar-refractivity contribution in [2.24, 2.45) is 5.41 Å². The molecule has 0 atom stereocenters. The van der Waals surface area contributed by atoms with Crippen molar-refractivity contribution in [1.82, 2.24) is 15.3 Å². The zero-order valence-electron chi connectivity index (χ0n) is 12.0. The second-order valence-electron chi connectivity index (χ2n) is 5.80. The van der Waals surface area contributed by atoms with Gasteiger partial charge in [-0.15, -0.1) is 11.6 Å². The fourth-order valence-electron chi connectivity index (χ4n) is 2.12. The lowest BCUT2D eigenvalue weighted by Crippen LogP contribution is -2.49. The van der Waals surface area contributed by atoms with E-state index >= 15 is 0 Å². The molecule has 1 aliphatic rings. The first-order valence-corrected chi connectivity index (χ1v) is 7.45. The highest BCUT2D eigenvalue weighted by Crippen LogP contribution is 2.20. The van der Waals surface area contributed by atoms with E-state index in [-0.39, 0.29) is 11.9 Å². The van der Waals surface area contributed by atoms with E-state index in [9.17, 15) is 4.79 Å². The fourth-order valence-corrected chi connectivity index (χ4v) is 2.24. The van der Waals surface area contributed by atoms with Crippen molar-refractivity contribution in [3.05, 3.63) is 18.5 Å². The number of carbonyl (C=O) groups excluding carboxylic acids is 1. The van der Waals surface area contributed by atoms with E-state index in [1.54, 1.807) is 12.4 Å². The minimum atomic E-state index is -0.513. The van der Waals surface area contributed by atoms with Gasteiger partial charge in [0, 0.05) is 37.4 Å². The Hall–Kier alpha value is -1.36.